The number of halogens is 2. The van der Waals surface area contributed by atoms with Crippen molar-refractivity contribution in [1.29, 1.82) is 0 Å². The summed E-state index contributed by atoms with van der Waals surface area (Å²) >= 11 is 0. The number of hydrogen-bond donors (Lipinski definition) is 1. The Labute approximate surface area is 98.4 Å². The third-order valence-corrected chi connectivity index (χ3v) is 2.73. The van der Waals surface area contributed by atoms with Crippen molar-refractivity contribution < 1.29 is 13.6 Å². The van der Waals surface area contributed by atoms with E-state index in [9.17, 15) is 13.6 Å². The first kappa shape index (κ1) is 12.0. The number of nitrogens with one attached hydrogen (secondary N) is 1. The van der Waals surface area contributed by atoms with Crippen LogP contribution in [0.25, 0.3) is 0 Å². The summed E-state index contributed by atoms with van der Waals surface area (Å²) in [5, 5.41) is 3.06. The highest BCUT2D eigenvalue weighted by atomic mass is 19.1. The molecule has 2 rings (SSSR count). The molecule has 1 fully saturated rings. The number of benzene rings is 1. The molecule has 0 aliphatic carbocycles. The molecule has 1 amide bonds. The van der Waals surface area contributed by atoms with Crippen LogP contribution in [-0.4, -0.2) is 24.5 Å². The molecule has 1 aromatic rings. The van der Waals surface area contributed by atoms with E-state index in [1.165, 1.54) is 17.0 Å². The van der Waals surface area contributed by atoms with Crippen LogP contribution < -0.4 is 10.2 Å². The van der Waals surface area contributed by atoms with Crippen molar-refractivity contribution in [3.8, 4) is 0 Å². The molecular formula is C12H14F2N2O. The lowest BCUT2D eigenvalue weighted by atomic mass is 10.0. The largest absolute Gasteiger partial charge is 0.309 e. The summed E-state index contributed by atoms with van der Waals surface area (Å²) in [5.41, 5.74) is -0.00135. The Bertz CT molecular complexity index is 440. The second-order valence-corrected chi connectivity index (χ2v) is 4.84. The van der Waals surface area contributed by atoms with Gasteiger partial charge in [-0.05, 0) is 26.0 Å². The van der Waals surface area contributed by atoms with Crippen LogP contribution in [0, 0.1) is 11.6 Å². The monoisotopic (exact) mass is 240 g/mol. The van der Waals surface area contributed by atoms with E-state index in [-0.39, 0.29) is 23.7 Å². The Morgan fingerprint density at radius 2 is 1.82 bits per heavy atom. The van der Waals surface area contributed by atoms with Crippen LogP contribution in [0.2, 0.25) is 0 Å². The molecular weight excluding hydrogens is 226 g/mol. The fraction of sp³-hybridized carbons (Fsp3) is 0.417. The molecule has 0 radical (unpaired) electrons. The number of piperazine rings is 1. The van der Waals surface area contributed by atoms with Gasteiger partial charge in [0.2, 0.25) is 5.91 Å². The molecule has 92 valence electrons. The van der Waals surface area contributed by atoms with Gasteiger partial charge in [0.1, 0.15) is 11.6 Å². The van der Waals surface area contributed by atoms with Crippen molar-refractivity contribution in [2.45, 2.75) is 19.4 Å². The molecule has 0 atom stereocenters. The lowest BCUT2D eigenvalue weighted by Crippen LogP contribution is -2.60. The van der Waals surface area contributed by atoms with Crippen molar-refractivity contribution in [3.05, 3.63) is 29.8 Å². The normalized spacial score (nSPS) is 19.5. The summed E-state index contributed by atoms with van der Waals surface area (Å²) in [6.45, 7) is 4.42. The smallest absolute Gasteiger partial charge is 0.241 e. The highest BCUT2D eigenvalue weighted by Crippen LogP contribution is 2.22. The lowest BCUT2D eigenvalue weighted by Gasteiger charge is -2.38. The standard InChI is InChI=1S/C12H14F2N2O/c1-12(2)7-16(11(17)6-15-12)10-4-8(13)3-9(14)5-10/h3-5,15H,6-7H2,1-2H3. The fourth-order valence-corrected chi connectivity index (χ4v) is 1.88. The number of amides is 1. The summed E-state index contributed by atoms with van der Waals surface area (Å²) in [4.78, 5) is 13.1. The SMILES string of the molecule is CC1(C)CN(c2cc(F)cc(F)c2)C(=O)CN1. The Balaban J connectivity index is 2.34. The van der Waals surface area contributed by atoms with Crippen molar-refractivity contribution in [2.75, 3.05) is 18.0 Å². The summed E-state index contributed by atoms with van der Waals surface area (Å²) < 4.78 is 26.2. The van der Waals surface area contributed by atoms with Crippen LogP contribution in [0.4, 0.5) is 14.5 Å². The molecule has 0 bridgehead atoms. The number of rotatable bonds is 1. The van der Waals surface area contributed by atoms with Gasteiger partial charge in [0.25, 0.3) is 0 Å². The van der Waals surface area contributed by atoms with Gasteiger partial charge in [0, 0.05) is 23.8 Å². The minimum atomic E-state index is -0.677. The van der Waals surface area contributed by atoms with E-state index in [2.05, 4.69) is 5.32 Å². The number of carbonyl (C=O) groups is 1. The number of nitrogens with zero attached hydrogens (tertiary/aromatic N) is 1. The molecule has 0 spiro atoms. The van der Waals surface area contributed by atoms with Crippen LogP contribution >= 0.6 is 0 Å². The molecule has 17 heavy (non-hydrogen) atoms. The van der Waals surface area contributed by atoms with Crippen molar-refractivity contribution >= 4 is 11.6 Å². The maximum Gasteiger partial charge on any atom is 0.241 e. The Hall–Kier alpha value is -1.49. The second-order valence-electron chi connectivity index (χ2n) is 4.84. The third kappa shape index (κ3) is 2.61. The van der Waals surface area contributed by atoms with Gasteiger partial charge in [-0.2, -0.15) is 0 Å². The van der Waals surface area contributed by atoms with Crippen molar-refractivity contribution in [3.63, 3.8) is 0 Å². The first-order valence-electron chi connectivity index (χ1n) is 5.39. The topological polar surface area (TPSA) is 32.3 Å². The van der Waals surface area contributed by atoms with E-state index in [1.54, 1.807) is 0 Å². The predicted octanol–water partition coefficient (Wildman–Crippen LogP) is 1.68. The molecule has 1 saturated heterocycles. The van der Waals surface area contributed by atoms with Crippen LogP contribution in [-0.2, 0) is 4.79 Å². The number of hydrogen-bond acceptors (Lipinski definition) is 2. The van der Waals surface area contributed by atoms with Gasteiger partial charge in [-0.15, -0.1) is 0 Å². The summed E-state index contributed by atoms with van der Waals surface area (Å²) in [7, 11) is 0. The Kier molecular flexibility index (Phi) is 2.87. The minimum absolute atomic E-state index is 0.172. The fourth-order valence-electron chi connectivity index (χ4n) is 1.88. The van der Waals surface area contributed by atoms with E-state index in [1.807, 2.05) is 13.8 Å². The van der Waals surface area contributed by atoms with Gasteiger partial charge in [-0.1, -0.05) is 0 Å². The zero-order chi connectivity index (χ0) is 12.6. The molecule has 0 aromatic heterocycles. The Morgan fingerprint density at radius 3 is 2.41 bits per heavy atom. The molecule has 1 aliphatic rings. The number of anilines is 1. The maximum absolute atomic E-state index is 13.1. The highest BCUT2D eigenvalue weighted by Gasteiger charge is 2.31. The third-order valence-electron chi connectivity index (χ3n) is 2.73. The zero-order valence-electron chi connectivity index (χ0n) is 9.76. The quantitative estimate of drug-likeness (QED) is 0.810. The lowest BCUT2D eigenvalue weighted by molar-refractivity contribution is -0.119. The van der Waals surface area contributed by atoms with Crippen LogP contribution in [0.3, 0.4) is 0 Å². The van der Waals surface area contributed by atoms with Gasteiger partial charge in [-0.3, -0.25) is 4.79 Å². The van der Waals surface area contributed by atoms with Crippen molar-refractivity contribution in [2.24, 2.45) is 0 Å². The van der Waals surface area contributed by atoms with Gasteiger partial charge in [0.05, 0.1) is 6.54 Å². The van der Waals surface area contributed by atoms with E-state index < -0.39 is 11.6 Å². The van der Waals surface area contributed by atoms with Gasteiger partial charge < -0.3 is 10.2 Å². The molecule has 1 heterocycles. The highest BCUT2D eigenvalue weighted by molar-refractivity contribution is 5.95. The van der Waals surface area contributed by atoms with Crippen LogP contribution in [0.5, 0.6) is 0 Å². The van der Waals surface area contributed by atoms with Gasteiger partial charge >= 0.3 is 0 Å². The molecule has 0 unspecified atom stereocenters. The molecule has 5 heteroatoms. The molecule has 1 aromatic carbocycles. The number of carbonyl (C=O) groups excluding carboxylic acids is 1. The summed E-state index contributed by atoms with van der Waals surface area (Å²) in [5.74, 6) is -1.54. The molecule has 3 nitrogen and oxygen atoms in total. The van der Waals surface area contributed by atoms with E-state index in [0.29, 0.717) is 6.54 Å². The molecule has 0 saturated carbocycles. The first-order chi connectivity index (χ1) is 7.87. The molecule has 1 aliphatic heterocycles. The second kappa shape index (κ2) is 4.07. The van der Waals surface area contributed by atoms with Crippen molar-refractivity contribution in [1.82, 2.24) is 5.32 Å². The van der Waals surface area contributed by atoms with E-state index in [0.717, 1.165) is 6.07 Å². The van der Waals surface area contributed by atoms with E-state index >= 15 is 0 Å². The molecule has 1 N–H and O–H groups in total. The first-order valence-corrected chi connectivity index (χ1v) is 5.39. The zero-order valence-corrected chi connectivity index (χ0v) is 9.76. The average molecular weight is 240 g/mol. The minimum Gasteiger partial charge on any atom is -0.309 e. The summed E-state index contributed by atoms with van der Waals surface area (Å²) in [6, 6.07) is 3.13. The predicted molar refractivity (Wildman–Crippen MR) is 60.8 cm³/mol. The summed E-state index contributed by atoms with van der Waals surface area (Å²) in [6.07, 6.45) is 0. The van der Waals surface area contributed by atoms with Gasteiger partial charge in [-0.25, -0.2) is 8.78 Å². The maximum atomic E-state index is 13.1. The average Bonchev–Trinajstić information content (AvgIpc) is 2.20. The Morgan fingerprint density at radius 1 is 1.24 bits per heavy atom. The van der Waals surface area contributed by atoms with Crippen LogP contribution in [0.1, 0.15) is 13.8 Å². The van der Waals surface area contributed by atoms with Gasteiger partial charge in [0.15, 0.2) is 0 Å². The van der Waals surface area contributed by atoms with E-state index in [4.69, 9.17) is 0 Å². The van der Waals surface area contributed by atoms with Crippen LogP contribution in [0.15, 0.2) is 18.2 Å².